The van der Waals surface area contributed by atoms with Crippen molar-refractivity contribution in [2.45, 2.75) is 23.8 Å². The second kappa shape index (κ2) is 6.34. The molecule has 1 saturated heterocycles. The Morgan fingerprint density at radius 1 is 1.45 bits per heavy atom. The lowest BCUT2D eigenvalue weighted by Gasteiger charge is -2.13. The van der Waals surface area contributed by atoms with Gasteiger partial charge in [0.2, 0.25) is 10.0 Å². The molecule has 6 nitrogen and oxygen atoms in total. The van der Waals surface area contributed by atoms with Crippen molar-refractivity contribution in [1.82, 2.24) is 10.0 Å². The highest BCUT2D eigenvalue weighted by atomic mass is 32.2. The Balaban J connectivity index is 2.18. The van der Waals surface area contributed by atoms with Crippen LogP contribution in [0.1, 0.15) is 23.2 Å². The SMILES string of the molecule is COC(=O)c1ccccc1S(=O)(=O)NCC1CCCN1. The van der Waals surface area contributed by atoms with Gasteiger partial charge in [0.05, 0.1) is 17.6 Å². The van der Waals surface area contributed by atoms with E-state index in [-0.39, 0.29) is 16.5 Å². The van der Waals surface area contributed by atoms with Gasteiger partial charge in [-0.2, -0.15) is 0 Å². The van der Waals surface area contributed by atoms with Crippen LogP contribution in [0.25, 0.3) is 0 Å². The van der Waals surface area contributed by atoms with Gasteiger partial charge < -0.3 is 10.1 Å². The summed E-state index contributed by atoms with van der Waals surface area (Å²) in [7, 11) is -2.50. The van der Waals surface area contributed by atoms with Crippen LogP contribution >= 0.6 is 0 Å². The molecule has 0 radical (unpaired) electrons. The Bertz CT molecular complexity index is 580. The van der Waals surface area contributed by atoms with Crippen LogP contribution in [-0.2, 0) is 14.8 Å². The fourth-order valence-electron chi connectivity index (χ4n) is 2.20. The lowest BCUT2D eigenvalue weighted by atomic mass is 10.2. The summed E-state index contributed by atoms with van der Waals surface area (Å²) in [6.07, 6.45) is 1.99. The number of carbonyl (C=O) groups excluding carboxylic acids is 1. The van der Waals surface area contributed by atoms with E-state index in [4.69, 9.17) is 0 Å². The highest BCUT2D eigenvalue weighted by Crippen LogP contribution is 2.16. The van der Waals surface area contributed by atoms with Crippen LogP contribution in [0.4, 0.5) is 0 Å². The molecule has 110 valence electrons. The molecule has 0 saturated carbocycles. The van der Waals surface area contributed by atoms with Gasteiger partial charge in [-0.15, -0.1) is 0 Å². The summed E-state index contributed by atoms with van der Waals surface area (Å²) in [4.78, 5) is 11.6. The van der Waals surface area contributed by atoms with E-state index in [1.807, 2.05) is 0 Å². The van der Waals surface area contributed by atoms with Crippen molar-refractivity contribution >= 4 is 16.0 Å². The molecule has 1 aromatic rings. The molecular weight excluding hydrogens is 280 g/mol. The topological polar surface area (TPSA) is 84.5 Å². The zero-order valence-electron chi connectivity index (χ0n) is 11.3. The minimum atomic E-state index is -3.72. The number of ether oxygens (including phenoxy) is 1. The molecule has 1 heterocycles. The molecule has 1 aliphatic rings. The number of nitrogens with one attached hydrogen (secondary N) is 2. The molecule has 0 bridgehead atoms. The third-order valence-electron chi connectivity index (χ3n) is 3.26. The monoisotopic (exact) mass is 298 g/mol. The van der Waals surface area contributed by atoms with Crippen LogP contribution in [0.2, 0.25) is 0 Å². The van der Waals surface area contributed by atoms with Gasteiger partial charge in [0.15, 0.2) is 0 Å². The number of sulfonamides is 1. The molecule has 0 amide bonds. The van der Waals surface area contributed by atoms with Crippen molar-refractivity contribution < 1.29 is 17.9 Å². The molecule has 1 aromatic carbocycles. The van der Waals surface area contributed by atoms with E-state index in [9.17, 15) is 13.2 Å². The fourth-order valence-corrected chi connectivity index (χ4v) is 3.47. The van der Waals surface area contributed by atoms with E-state index in [1.165, 1.54) is 19.2 Å². The molecule has 20 heavy (non-hydrogen) atoms. The number of hydrogen-bond acceptors (Lipinski definition) is 5. The Morgan fingerprint density at radius 3 is 2.85 bits per heavy atom. The Kier molecular flexibility index (Phi) is 4.74. The van der Waals surface area contributed by atoms with Crippen molar-refractivity contribution in [3.63, 3.8) is 0 Å². The first-order chi connectivity index (χ1) is 9.54. The zero-order chi connectivity index (χ0) is 14.6. The standard InChI is InChI=1S/C13H18N2O4S/c1-19-13(16)11-6-2-3-7-12(11)20(17,18)15-9-10-5-4-8-14-10/h2-3,6-7,10,14-15H,4-5,8-9H2,1H3. The highest BCUT2D eigenvalue weighted by Gasteiger charge is 2.24. The number of rotatable bonds is 5. The second-order valence-corrected chi connectivity index (χ2v) is 6.37. The smallest absolute Gasteiger partial charge is 0.339 e. The van der Waals surface area contributed by atoms with Gasteiger partial charge in [0, 0.05) is 12.6 Å². The average Bonchev–Trinajstić information content (AvgIpc) is 2.98. The Morgan fingerprint density at radius 2 is 2.20 bits per heavy atom. The summed E-state index contributed by atoms with van der Waals surface area (Å²) in [6, 6.07) is 6.17. The number of benzene rings is 1. The molecule has 2 rings (SSSR count). The van der Waals surface area contributed by atoms with E-state index in [2.05, 4.69) is 14.8 Å². The fraction of sp³-hybridized carbons (Fsp3) is 0.462. The van der Waals surface area contributed by atoms with Crippen molar-refractivity contribution in [2.24, 2.45) is 0 Å². The molecule has 1 aliphatic heterocycles. The van der Waals surface area contributed by atoms with E-state index in [1.54, 1.807) is 12.1 Å². The quantitative estimate of drug-likeness (QED) is 0.774. The molecule has 0 spiro atoms. The molecule has 1 atom stereocenters. The van der Waals surface area contributed by atoms with Crippen molar-refractivity contribution in [3.05, 3.63) is 29.8 Å². The van der Waals surface area contributed by atoms with E-state index >= 15 is 0 Å². The summed E-state index contributed by atoms with van der Waals surface area (Å²) in [5, 5.41) is 3.21. The second-order valence-electron chi connectivity index (χ2n) is 4.63. The van der Waals surface area contributed by atoms with Crippen molar-refractivity contribution in [1.29, 1.82) is 0 Å². The normalized spacial score (nSPS) is 18.9. The van der Waals surface area contributed by atoms with Gasteiger partial charge in [-0.3, -0.25) is 0 Å². The van der Waals surface area contributed by atoms with Crippen LogP contribution in [-0.4, -0.2) is 40.6 Å². The molecule has 7 heteroatoms. The van der Waals surface area contributed by atoms with Crippen molar-refractivity contribution in [2.75, 3.05) is 20.2 Å². The van der Waals surface area contributed by atoms with Crippen LogP contribution in [0.15, 0.2) is 29.2 Å². The van der Waals surface area contributed by atoms with Gasteiger partial charge in [0.25, 0.3) is 0 Å². The van der Waals surface area contributed by atoms with E-state index in [0.717, 1.165) is 19.4 Å². The number of methoxy groups -OCH3 is 1. The Hall–Kier alpha value is -1.44. The third kappa shape index (κ3) is 3.36. The summed E-state index contributed by atoms with van der Waals surface area (Å²) >= 11 is 0. The summed E-state index contributed by atoms with van der Waals surface area (Å²) < 4.78 is 31.7. The molecule has 0 aromatic heterocycles. The van der Waals surface area contributed by atoms with Crippen LogP contribution in [0.3, 0.4) is 0 Å². The van der Waals surface area contributed by atoms with E-state index in [0.29, 0.717) is 6.54 Å². The first-order valence-corrected chi connectivity index (χ1v) is 7.93. The molecule has 0 aliphatic carbocycles. The Labute approximate surface area is 118 Å². The molecule has 1 unspecified atom stereocenters. The summed E-state index contributed by atoms with van der Waals surface area (Å²) in [5.41, 5.74) is 0.0434. The molecule has 1 fully saturated rings. The van der Waals surface area contributed by atoms with Crippen LogP contribution in [0.5, 0.6) is 0 Å². The maximum absolute atomic E-state index is 12.3. The average molecular weight is 298 g/mol. The molecular formula is C13H18N2O4S. The largest absolute Gasteiger partial charge is 0.465 e. The van der Waals surface area contributed by atoms with Crippen LogP contribution < -0.4 is 10.0 Å². The third-order valence-corrected chi connectivity index (χ3v) is 4.75. The number of esters is 1. The van der Waals surface area contributed by atoms with Gasteiger partial charge >= 0.3 is 5.97 Å². The van der Waals surface area contributed by atoms with Gasteiger partial charge in [-0.25, -0.2) is 17.9 Å². The summed E-state index contributed by atoms with van der Waals surface area (Å²) in [6.45, 7) is 1.23. The zero-order valence-corrected chi connectivity index (χ0v) is 12.1. The number of hydrogen-bond donors (Lipinski definition) is 2. The summed E-state index contributed by atoms with van der Waals surface area (Å²) in [5.74, 6) is -0.662. The number of carbonyl (C=O) groups is 1. The lowest BCUT2D eigenvalue weighted by Crippen LogP contribution is -2.37. The maximum atomic E-state index is 12.3. The predicted molar refractivity (Wildman–Crippen MR) is 74.0 cm³/mol. The first-order valence-electron chi connectivity index (χ1n) is 6.45. The lowest BCUT2D eigenvalue weighted by molar-refractivity contribution is 0.0596. The molecule has 2 N–H and O–H groups in total. The van der Waals surface area contributed by atoms with Gasteiger partial charge in [0.1, 0.15) is 0 Å². The highest BCUT2D eigenvalue weighted by molar-refractivity contribution is 7.89. The minimum Gasteiger partial charge on any atom is -0.465 e. The van der Waals surface area contributed by atoms with E-state index < -0.39 is 16.0 Å². The first kappa shape index (κ1) is 15.0. The maximum Gasteiger partial charge on any atom is 0.339 e. The van der Waals surface area contributed by atoms with Gasteiger partial charge in [-0.1, -0.05) is 12.1 Å². The predicted octanol–water partition coefficient (Wildman–Crippen LogP) is 0.504. The van der Waals surface area contributed by atoms with Crippen molar-refractivity contribution in [3.8, 4) is 0 Å². The van der Waals surface area contributed by atoms with Gasteiger partial charge in [-0.05, 0) is 31.5 Å². The minimum absolute atomic E-state index is 0.0434. The van der Waals surface area contributed by atoms with Crippen LogP contribution in [0, 0.1) is 0 Å².